The van der Waals surface area contributed by atoms with Crippen molar-refractivity contribution >= 4 is 59.0 Å². The van der Waals surface area contributed by atoms with Crippen LogP contribution in [0.1, 0.15) is 90.3 Å². The Morgan fingerprint density at radius 2 is 1.67 bits per heavy atom. The number of alkyl carbamates (subject to hydrolysis) is 1. The molecule has 336 valence electrons. The molecule has 4 N–H and O–H groups in total. The molecule has 0 radical (unpaired) electrons. The third-order valence-corrected chi connectivity index (χ3v) is 10.4. The van der Waals surface area contributed by atoms with E-state index in [1.807, 2.05) is 13.8 Å². The minimum Gasteiger partial charge on any atom is -0.495 e. The summed E-state index contributed by atoms with van der Waals surface area (Å²) in [6.45, 7) is 12.9. The number of nitrogens with one attached hydrogen (secondary N) is 3. The van der Waals surface area contributed by atoms with Crippen LogP contribution in [-0.4, -0.2) is 91.1 Å². The number of methoxy groups -OCH3 is 1. The van der Waals surface area contributed by atoms with E-state index in [-0.39, 0.29) is 44.9 Å². The van der Waals surface area contributed by atoms with Crippen LogP contribution in [0.4, 0.5) is 4.79 Å². The van der Waals surface area contributed by atoms with E-state index in [0.29, 0.717) is 27.5 Å². The molecule has 0 spiro atoms. The Morgan fingerprint density at radius 1 is 1.02 bits per heavy atom. The van der Waals surface area contributed by atoms with E-state index in [2.05, 4.69) is 16.0 Å². The fourth-order valence-corrected chi connectivity index (χ4v) is 6.63. The van der Waals surface area contributed by atoms with Gasteiger partial charge in [-0.15, -0.1) is 11.6 Å². The summed E-state index contributed by atoms with van der Waals surface area (Å²) in [6, 6.07) is 10.5. The molecule has 1 aliphatic heterocycles. The number of carbonyl (C=O) groups is 6. The molecule has 0 saturated heterocycles. The fourth-order valence-electron chi connectivity index (χ4n) is 5.97. The van der Waals surface area contributed by atoms with Crippen molar-refractivity contribution in [2.24, 2.45) is 17.3 Å². The summed E-state index contributed by atoms with van der Waals surface area (Å²) in [5, 5.41) is 18.7. The van der Waals surface area contributed by atoms with Crippen molar-refractivity contribution in [2.75, 3.05) is 20.2 Å². The molecule has 0 aromatic heterocycles. The predicted molar refractivity (Wildman–Crippen MR) is 228 cm³/mol. The molecule has 17 heteroatoms. The molecule has 0 aliphatic carbocycles. The van der Waals surface area contributed by atoms with Gasteiger partial charge in [0.25, 0.3) is 0 Å². The van der Waals surface area contributed by atoms with E-state index in [1.54, 1.807) is 84.0 Å². The molecular formula is C44H59Cl2N3O12. The molecule has 15 nitrogen and oxygen atoms in total. The Labute approximate surface area is 367 Å². The highest BCUT2D eigenvalue weighted by atomic mass is 35.5. The number of ether oxygens (including phenoxy) is 5. The molecule has 0 bridgehead atoms. The van der Waals surface area contributed by atoms with Gasteiger partial charge in [-0.1, -0.05) is 68.8 Å². The second-order valence-corrected chi connectivity index (χ2v) is 17.9. The van der Waals surface area contributed by atoms with E-state index in [0.717, 1.165) is 0 Å². The van der Waals surface area contributed by atoms with Crippen LogP contribution in [0, 0.1) is 17.3 Å². The summed E-state index contributed by atoms with van der Waals surface area (Å²) in [7, 11) is 1.48. The third-order valence-electron chi connectivity index (χ3n) is 9.55. The van der Waals surface area contributed by atoms with Gasteiger partial charge >= 0.3 is 24.0 Å². The zero-order valence-electron chi connectivity index (χ0n) is 36.2. The number of rotatable bonds is 13. The lowest BCUT2D eigenvalue weighted by atomic mass is 9.90. The van der Waals surface area contributed by atoms with Crippen LogP contribution in [0.2, 0.25) is 5.02 Å². The van der Waals surface area contributed by atoms with Crippen LogP contribution in [0.15, 0.2) is 54.6 Å². The van der Waals surface area contributed by atoms with Crippen molar-refractivity contribution in [1.29, 1.82) is 0 Å². The number of alkyl halides is 1. The van der Waals surface area contributed by atoms with Gasteiger partial charge in [-0.2, -0.15) is 0 Å². The van der Waals surface area contributed by atoms with Gasteiger partial charge < -0.3 is 44.7 Å². The topological polar surface area (TPSA) is 205 Å². The Balaban J connectivity index is 1.83. The van der Waals surface area contributed by atoms with Gasteiger partial charge in [0.15, 0.2) is 6.10 Å². The molecular weight excluding hydrogens is 833 g/mol. The Hall–Kier alpha value is -4.86. The number of carbonyl (C=O) groups excluding carboxylic acids is 6. The van der Waals surface area contributed by atoms with Gasteiger partial charge in [-0.05, 0) is 81.9 Å². The van der Waals surface area contributed by atoms with Gasteiger partial charge in [0, 0.05) is 25.3 Å². The number of amides is 3. The summed E-state index contributed by atoms with van der Waals surface area (Å²) >= 11 is 13.2. The average molecular weight is 893 g/mol. The van der Waals surface area contributed by atoms with Crippen LogP contribution in [0.25, 0.3) is 0 Å². The molecule has 0 fully saturated rings. The van der Waals surface area contributed by atoms with E-state index in [1.165, 1.54) is 19.3 Å². The second-order valence-electron chi connectivity index (χ2n) is 17.0. The smallest absolute Gasteiger partial charge is 0.408 e. The molecule has 2 aromatic carbocycles. The normalized spacial score (nSPS) is 21.1. The molecule has 2 aromatic rings. The largest absolute Gasteiger partial charge is 0.495 e. The van der Waals surface area contributed by atoms with Gasteiger partial charge in [0.05, 0.1) is 29.0 Å². The van der Waals surface area contributed by atoms with Crippen molar-refractivity contribution in [3.63, 3.8) is 0 Å². The quantitative estimate of drug-likeness (QED) is 0.106. The maximum absolute atomic E-state index is 13.8. The standard InChI is InChI=1S/C44H59Cl2N3O12/c1-25(2)19-34-40(54)59-32(26(3)38(52)37(46)29-16-13-27(14-17-29)23-58-36(51)22-47-42(56)61-43(4,5)6)11-10-12-35(50)49-31(21-28-15-18-33(57-9)30(45)20-28)39(53)48-24-44(7,8)41(55)60-34/h10,12-18,20,25-26,31-32,34,37-38,52H,11,19,21-24H2,1-9H3,(H,47,56)(H,48,53)(H,49,50)/b12-10+/t26-,31+,32?,34-,37?,38?/m0/s1. The zero-order chi connectivity index (χ0) is 45.7. The van der Waals surface area contributed by atoms with Crippen molar-refractivity contribution < 1.29 is 57.6 Å². The SMILES string of the molecule is COc1ccc(C[C@H]2NC(=O)/C=C/CC([C@H](C)C(O)C(Cl)c3ccc(COC(=O)CNC(=O)OC(C)(C)C)cc3)OC(=O)[C@H](CC(C)C)OC(=O)C(C)(C)CNC2=O)cc1Cl. The van der Waals surface area contributed by atoms with Gasteiger partial charge in [-0.3, -0.25) is 19.2 Å². The number of halogens is 2. The first-order chi connectivity index (χ1) is 28.5. The highest BCUT2D eigenvalue weighted by Crippen LogP contribution is 2.33. The van der Waals surface area contributed by atoms with E-state index < -0.39 is 82.5 Å². The van der Waals surface area contributed by atoms with E-state index in [4.69, 9.17) is 46.9 Å². The molecule has 3 amide bonds. The number of esters is 3. The van der Waals surface area contributed by atoms with Crippen LogP contribution < -0.4 is 20.7 Å². The number of benzene rings is 2. The minimum atomic E-state index is -1.32. The summed E-state index contributed by atoms with van der Waals surface area (Å²) in [5.41, 5.74) is -0.275. The van der Waals surface area contributed by atoms with Gasteiger partial charge in [0.1, 0.15) is 36.6 Å². The Kier molecular flexibility index (Phi) is 18.9. The van der Waals surface area contributed by atoms with Gasteiger partial charge in [0.2, 0.25) is 11.8 Å². The first-order valence-electron chi connectivity index (χ1n) is 20.0. The Morgan fingerprint density at radius 3 is 2.28 bits per heavy atom. The molecule has 61 heavy (non-hydrogen) atoms. The number of hydrogen-bond donors (Lipinski definition) is 4. The first-order valence-corrected chi connectivity index (χ1v) is 20.8. The van der Waals surface area contributed by atoms with Crippen LogP contribution in [-0.2, 0) is 55.9 Å². The fraction of sp³-hybridized carbons (Fsp3) is 0.545. The average Bonchev–Trinajstić information content (AvgIpc) is 3.18. The maximum Gasteiger partial charge on any atom is 0.408 e. The summed E-state index contributed by atoms with van der Waals surface area (Å²) in [6.07, 6.45) is -1.65. The van der Waals surface area contributed by atoms with E-state index >= 15 is 0 Å². The Bertz CT molecular complexity index is 1880. The second kappa shape index (κ2) is 22.8. The van der Waals surface area contributed by atoms with Crippen molar-refractivity contribution in [3.8, 4) is 5.75 Å². The van der Waals surface area contributed by atoms with E-state index in [9.17, 15) is 33.9 Å². The number of hydrogen-bond acceptors (Lipinski definition) is 12. The van der Waals surface area contributed by atoms with Crippen LogP contribution in [0.5, 0.6) is 5.75 Å². The number of aliphatic hydroxyl groups is 1. The van der Waals surface area contributed by atoms with Crippen molar-refractivity contribution in [1.82, 2.24) is 16.0 Å². The number of aliphatic hydroxyl groups excluding tert-OH is 1. The van der Waals surface area contributed by atoms with Crippen LogP contribution >= 0.6 is 23.2 Å². The monoisotopic (exact) mass is 891 g/mol. The number of cyclic esters (lactones) is 2. The van der Waals surface area contributed by atoms with Crippen molar-refractivity contribution in [3.05, 3.63) is 76.3 Å². The molecule has 0 saturated carbocycles. The first kappa shape index (κ1) is 50.5. The zero-order valence-corrected chi connectivity index (χ0v) is 37.7. The third kappa shape index (κ3) is 16.5. The lowest BCUT2D eigenvalue weighted by Crippen LogP contribution is -2.51. The molecule has 1 heterocycles. The highest BCUT2D eigenvalue weighted by molar-refractivity contribution is 6.32. The van der Waals surface area contributed by atoms with Crippen molar-refractivity contribution in [2.45, 2.75) is 117 Å². The summed E-state index contributed by atoms with van der Waals surface area (Å²) in [5.74, 6) is -3.96. The van der Waals surface area contributed by atoms with Gasteiger partial charge in [-0.25, -0.2) is 9.59 Å². The maximum atomic E-state index is 13.8. The lowest BCUT2D eigenvalue weighted by Gasteiger charge is -2.32. The summed E-state index contributed by atoms with van der Waals surface area (Å²) in [4.78, 5) is 78.2. The molecule has 6 atom stereocenters. The minimum absolute atomic E-state index is 0.0521. The predicted octanol–water partition coefficient (Wildman–Crippen LogP) is 5.89. The lowest BCUT2D eigenvalue weighted by molar-refractivity contribution is -0.180. The summed E-state index contributed by atoms with van der Waals surface area (Å²) < 4.78 is 27.3. The van der Waals surface area contributed by atoms with Crippen LogP contribution in [0.3, 0.4) is 0 Å². The molecule has 1 aliphatic rings. The molecule has 3 unspecified atom stereocenters. The molecule has 3 rings (SSSR count). The highest BCUT2D eigenvalue weighted by Gasteiger charge is 2.38.